The number of aliphatic hydroxyl groups is 1. The van der Waals surface area contributed by atoms with Crippen molar-refractivity contribution in [3.05, 3.63) is 123 Å². The van der Waals surface area contributed by atoms with Crippen molar-refractivity contribution >= 4 is 17.4 Å². The highest BCUT2D eigenvalue weighted by molar-refractivity contribution is 6.41. The zero-order valence-electron chi connectivity index (χ0n) is 20.2. The molecule has 7 nitrogen and oxygen atoms in total. The molecule has 0 atom stereocenters. The van der Waals surface area contributed by atoms with Crippen LogP contribution in [0.4, 0.5) is 13.2 Å². The van der Waals surface area contributed by atoms with Gasteiger partial charge in [-0.3, -0.25) is 24.8 Å². The maximum absolute atomic E-state index is 14.3. The molecule has 0 radical (unpaired) electrons. The number of nitrogens with one attached hydrogen (secondary N) is 1. The van der Waals surface area contributed by atoms with E-state index in [1.165, 1.54) is 41.5 Å². The highest BCUT2D eigenvalue weighted by atomic mass is 19.1. The molecule has 2 heterocycles. The van der Waals surface area contributed by atoms with E-state index in [9.17, 15) is 32.7 Å². The normalized spacial score (nSPS) is 13.6. The van der Waals surface area contributed by atoms with Gasteiger partial charge in [0.2, 0.25) is 5.78 Å². The van der Waals surface area contributed by atoms with Crippen LogP contribution in [0.3, 0.4) is 0 Å². The number of hydrogen-bond donors (Lipinski definition) is 2. The third kappa shape index (κ3) is 5.86. The number of nitrogens with zero attached hydrogens (tertiary/aromatic N) is 2. The number of benzene rings is 2. The Morgan fingerprint density at radius 1 is 1.05 bits per heavy atom. The Labute approximate surface area is 216 Å². The maximum Gasteiger partial charge on any atom is 0.310 e. The molecule has 196 valence electrons. The minimum atomic E-state index is -1.13. The quantitative estimate of drug-likeness (QED) is 0.265. The van der Waals surface area contributed by atoms with Gasteiger partial charge in [0.25, 0.3) is 5.56 Å². The van der Waals surface area contributed by atoms with Crippen LogP contribution < -0.4 is 11.0 Å². The molecule has 0 aliphatic carbocycles. The topological polar surface area (TPSA) is 91.6 Å². The van der Waals surface area contributed by atoms with Crippen molar-refractivity contribution in [2.75, 3.05) is 6.54 Å². The monoisotopic (exact) mass is 523 g/mol. The van der Waals surface area contributed by atoms with Gasteiger partial charge in [-0.15, -0.1) is 0 Å². The minimum Gasteiger partial charge on any atom is -0.507 e. The molecule has 1 saturated heterocycles. The molecule has 0 unspecified atom stereocenters. The summed E-state index contributed by atoms with van der Waals surface area (Å²) in [7, 11) is 0. The molecule has 3 aromatic rings. The van der Waals surface area contributed by atoms with E-state index < -0.39 is 46.0 Å². The first-order valence-electron chi connectivity index (χ1n) is 11.7. The predicted octanol–water partition coefficient (Wildman–Crippen LogP) is 4.01. The molecule has 0 bridgehead atoms. The number of carbonyl (C=O) groups is 2. The summed E-state index contributed by atoms with van der Waals surface area (Å²) in [6, 6.07) is 10.3. The summed E-state index contributed by atoms with van der Waals surface area (Å²) in [6.45, 7) is 4.00. The Morgan fingerprint density at radius 3 is 2.39 bits per heavy atom. The van der Waals surface area contributed by atoms with Crippen molar-refractivity contribution in [2.24, 2.45) is 0 Å². The highest BCUT2D eigenvalue weighted by Gasteiger charge is 2.22. The summed E-state index contributed by atoms with van der Waals surface area (Å²) >= 11 is 0. The first-order valence-corrected chi connectivity index (χ1v) is 11.7. The Hall–Kier alpha value is -4.60. The molecule has 1 aliphatic rings. The molecule has 2 aromatic carbocycles. The van der Waals surface area contributed by atoms with Gasteiger partial charge in [0.15, 0.2) is 0 Å². The van der Waals surface area contributed by atoms with Gasteiger partial charge in [-0.2, -0.15) is 0 Å². The highest BCUT2D eigenvalue weighted by Crippen LogP contribution is 2.20. The fourth-order valence-corrected chi connectivity index (χ4v) is 4.13. The van der Waals surface area contributed by atoms with Crippen LogP contribution in [0, 0.1) is 17.5 Å². The Bertz CT molecular complexity index is 1490. The number of rotatable bonds is 8. The lowest BCUT2D eigenvalue weighted by Crippen LogP contribution is -2.42. The van der Waals surface area contributed by atoms with Gasteiger partial charge in [0.1, 0.15) is 23.2 Å². The van der Waals surface area contributed by atoms with E-state index in [-0.39, 0.29) is 29.7 Å². The molecule has 0 saturated carbocycles. The van der Waals surface area contributed by atoms with E-state index in [1.807, 2.05) is 0 Å². The molecule has 1 fully saturated rings. The van der Waals surface area contributed by atoms with E-state index in [4.69, 9.17) is 0 Å². The van der Waals surface area contributed by atoms with Gasteiger partial charge in [-0.05, 0) is 42.7 Å². The van der Waals surface area contributed by atoms with E-state index in [0.29, 0.717) is 24.7 Å². The molecule has 1 amide bonds. The zero-order chi connectivity index (χ0) is 27.4. The lowest BCUT2D eigenvalue weighted by Gasteiger charge is -2.19. The van der Waals surface area contributed by atoms with Crippen molar-refractivity contribution in [1.29, 1.82) is 0 Å². The second-order valence-electron chi connectivity index (χ2n) is 8.82. The number of hydrazine groups is 1. The Morgan fingerprint density at radius 2 is 1.74 bits per heavy atom. The lowest BCUT2D eigenvalue weighted by atomic mass is 10.0. The van der Waals surface area contributed by atoms with Crippen LogP contribution in [-0.2, 0) is 22.6 Å². The van der Waals surface area contributed by atoms with Crippen molar-refractivity contribution in [3.8, 4) is 0 Å². The van der Waals surface area contributed by atoms with Gasteiger partial charge >= 0.3 is 5.91 Å². The summed E-state index contributed by atoms with van der Waals surface area (Å²) < 4.78 is 44.0. The molecule has 38 heavy (non-hydrogen) atoms. The van der Waals surface area contributed by atoms with Crippen LogP contribution in [0.5, 0.6) is 0 Å². The fraction of sp³-hybridized carbons (Fsp3) is 0.179. The number of carbonyl (C=O) groups excluding carboxylic acids is 2. The summed E-state index contributed by atoms with van der Waals surface area (Å²) in [4.78, 5) is 38.0. The van der Waals surface area contributed by atoms with Crippen LogP contribution in [-0.4, -0.2) is 32.9 Å². The third-order valence-electron chi connectivity index (χ3n) is 6.12. The van der Waals surface area contributed by atoms with Gasteiger partial charge < -0.3 is 9.67 Å². The molecule has 1 aliphatic heterocycles. The number of amides is 1. The van der Waals surface area contributed by atoms with E-state index >= 15 is 0 Å². The Balaban J connectivity index is 1.71. The first-order chi connectivity index (χ1) is 18.1. The van der Waals surface area contributed by atoms with Gasteiger partial charge in [0.05, 0.1) is 12.1 Å². The van der Waals surface area contributed by atoms with E-state index in [2.05, 4.69) is 12.0 Å². The average molecular weight is 524 g/mol. The van der Waals surface area contributed by atoms with Crippen molar-refractivity contribution in [3.63, 3.8) is 0 Å². The summed E-state index contributed by atoms with van der Waals surface area (Å²) in [6.07, 6.45) is 3.00. The molecule has 0 spiro atoms. The van der Waals surface area contributed by atoms with E-state index in [0.717, 1.165) is 23.1 Å². The zero-order valence-corrected chi connectivity index (χ0v) is 20.2. The summed E-state index contributed by atoms with van der Waals surface area (Å²) in [5.74, 6) is -5.21. The number of ketones is 1. The van der Waals surface area contributed by atoms with Gasteiger partial charge in [-0.1, -0.05) is 30.8 Å². The number of pyridine rings is 1. The maximum atomic E-state index is 14.3. The van der Waals surface area contributed by atoms with Crippen LogP contribution >= 0.6 is 0 Å². The second kappa shape index (κ2) is 11.2. The SMILES string of the molecule is C=C1CCCN1NC(=O)C(=O)C=C(O)c1cc(Cc2c(F)cccc2F)cn(Cc2ccccc2F)c1=O. The second-order valence-corrected chi connectivity index (χ2v) is 8.82. The van der Waals surface area contributed by atoms with Crippen molar-refractivity contribution < 1.29 is 27.9 Å². The van der Waals surface area contributed by atoms with Crippen LogP contribution in [0.25, 0.3) is 5.76 Å². The third-order valence-corrected chi connectivity index (χ3v) is 6.12. The minimum absolute atomic E-state index is 0.152. The first kappa shape index (κ1) is 26.5. The van der Waals surface area contributed by atoms with Crippen molar-refractivity contribution in [1.82, 2.24) is 15.0 Å². The number of aromatic nitrogens is 1. The number of halogens is 3. The van der Waals surface area contributed by atoms with Crippen molar-refractivity contribution in [2.45, 2.75) is 25.8 Å². The fourth-order valence-electron chi connectivity index (χ4n) is 4.13. The van der Waals surface area contributed by atoms with Crippen LogP contribution in [0.2, 0.25) is 0 Å². The number of aliphatic hydroxyl groups excluding tert-OH is 1. The van der Waals surface area contributed by atoms with Gasteiger partial charge in [-0.25, -0.2) is 13.2 Å². The van der Waals surface area contributed by atoms with E-state index in [1.54, 1.807) is 6.07 Å². The predicted molar refractivity (Wildman–Crippen MR) is 134 cm³/mol. The van der Waals surface area contributed by atoms with Crippen LogP contribution in [0.15, 0.2) is 77.9 Å². The summed E-state index contributed by atoms with van der Waals surface area (Å²) in [5.41, 5.74) is 1.88. The summed E-state index contributed by atoms with van der Waals surface area (Å²) in [5, 5.41) is 12.1. The molecular formula is C28H24F3N3O4. The molecule has 4 rings (SSSR count). The standard InChI is InChI=1S/C28H24F3N3O4/c1-17-6-5-11-34(17)32-27(37)26(36)14-25(35)21-13-18(12-20-23(30)9-4-10-24(20)31)15-33(28(21)38)16-19-7-2-3-8-22(19)29/h2-4,7-10,13-15,35H,1,5-6,11-12,16H2,(H,32,37). The lowest BCUT2D eigenvalue weighted by molar-refractivity contribution is -0.137. The molecular weight excluding hydrogens is 499 g/mol. The Kier molecular flexibility index (Phi) is 7.80. The number of allylic oxidation sites excluding steroid dienone is 1. The molecule has 1 aromatic heterocycles. The average Bonchev–Trinajstić information content (AvgIpc) is 3.28. The molecule has 10 heteroatoms. The number of hydrogen-bond acceptors (Lipinski definition) is 5. The van der Waals surface area contributed by atoms with Crippen LogP contribution in [0.1, 0.15) is 35.1 Å². The largest absolute Gasteiger partial charge is 0.507 e. The smallest absolute Gasteiger partial charge is 0.310 e. The molecule has 2 N–H and O–H groups in total. The van der Waals surface area contributed by atoms with Gasteiger partial charge in [0, 0.05) is 42.1 Å².